The fourth-order valence-corrected chi connectivity index (χ4v) is 5.61. The number of aromatic nitrogens is 2. The summed E-state index contributed by atoms with van der Waals surface area (Å²) in [6.45, 7) is 10.3. The van der Waals surface area contributed by atoms with Crippen LogP contribution in [0, 0.1) is 5.92 Å². The molecule has 4 amide bonds. The van der Waals surface area contributed by atoms with Gasteiger partial charge in [0, 0.05) is 46.0 Å². The molecule has 3 rings (SSSR count). The Morgan fingerprint density at radius 3 is 2.38 bits per heavy atom. The molecule has 0 bridgehead atoms. The molecule has 2 heterocycles. The summed E-state index contributed by atoms with van der Waals surface area (Å²) < 4.78 is 11.9. The summed E-state index contributed by atoms with van der Waals surface area (Å²) in [5.74, 6) is -1.24. The largest absolute Gasteiger partial charge is 0.382 e. The molecule has 3 N–H and O–H groups in total. The average Bonchev–Trinajstić information content (AvgIpc) is 3.09. The highest BCUT2D eigenvalue weighted by Gasteiger charge is 2.33. The Kier molecular flexibility index (Phi) is 15.3. The van der Waals surface area contributed by atoms with Gasteiger partial charge in [-0.05, 0) is 37.5 Å². The molecule has 1 aromatic heterocycles. The Labute approximate surface area is 282 Å². The monoisotopic (exact) mass is 671 g/mol. The van der Waals surface area contributed by atoms with Crippen molar-refractivity contribution in [2.24, 2.45) is 5.92 Å². The number of anilines is 1. The maximum absolute atomic E-state index is 13.8. The van der Waals surface area contributed by atoms with Gasteiger partial charge < -0.3 is 35.2 Å². The average molecular weight is 672 g/mol. The highest BCUT2D eigenvalue weighted by Crippen LogP contribution is 2.21. The van der Waals surface area contributed by atoms with E-state index in [1.54, 1.807) is 31.1 Å². The highest BCUT2D eigenvalue weighted by atomic mass is 16.5. The van der Waals surface area contributed by atoms with Crippen LogP contribution in [0.4, 0.5) is 5.69 Å². The van der Waals surface area contributed by atoms with E-state index in [-0.39, 0.29) is 54.2 Å². The first-order valence-corrected chi connectivity index (χ1v) is 17.0. The second-order valence-electron chi connectivity index (χ2n) is 12.4. The Bertz CT molecular complexity index is 1440. The molecule has 2 aromatic rings. The van der Waals surface area contributed by atoms with Crippen LogP contribution in [-0.2, 0) is 35.2 Å². The molecule has 14 heteroatoms. The summed E-state index contributed by atoms with van der Waals surface area (Å²) in [7, 11) is 3.09. The van der Waals surface area contributed by atoms with Gasteiger partial charge in [0.05, 0.1) is 43.0 Å². The first kappa shape index (κ1) is 38.4. The van der Waals surface area contributed by atoms with E-state index in [1.807, 2.05) is 26.8 Å². The zero-order valence-corrected chi connectivity index (χ0v) is 29.3. The number of nitrogens with zero attached hydrogens (tertiary/aromatic N) is 4. The third-order valence-corrected chi connectivity index (χ3v) is 8.79. The SMILES string of the molecule is CCCC[C@H](NC(=O)[C@@H](NC(=O)CC(C)OCCOC)[C@@H](C)CC)C(=O)N1CCN(c2ccc3ncn(CC(=O)NC)c(=O)c3c2)CC1. The minimum Gasteiger partial charge on any atom is -0.382 e. The molecule has 1 aromatic carbocycles. The molecule has 48 heavy (non-hydrogen) atoms. The van der Waals surface area contributed by atoms with Crippen molar-refractivity contribution in [3.8, 4) is 0 Å². The van der Waals surface area contributed by atoms with Gasteiger partial charge in [0.2, 0.25) is 23.6 Å². The van der Waals surface area contributed by atoms with Crippen LogP contribution >= 0.6 is 0 Å². The number of rotatable bonds is 18. The van der Waals surface area contributed by atoms with Crippen molar-refractivity contribution in [2.45, 2.75) is 84.5 Å². The van der Waals surface area contributed by atoms with Gasteiger partial charge in [-0.2, -0.15) is 0 Å². The van der Waals surface area contributed by atoms with E-state index in [0.717, 1.165) is 18.5 Å². The van der Waals surface area contributed by atoms with E-state index in [9.17, 15) is 24.0 Å². The molecular weight excluding hydrogens is 618 g/mol. The lowest BCUT2D eigenvalue weighted by molar-refractivity contribution is -0.138. The molecule has 0 saturated carbocycles. The summed E-state index contributed by atoms with van der Waals surface area (Å²) in [5, 5.41) is 8.79. The number of likely N-dealkylation sites (N-methyl/N-ethyl adjacent to an activating group) is 1. The van der Waals surface area contributed by atoms with Crippen molar-refractivity contribution in [1.82, 2.24) is 30.4 Å². The Balaban J connectivity index is 1.66. The first-order valence-electron chi connectivity index (χ1n) is 17.0. The van der Waals surface area contributed by atoms with Gasteiger partial charge in [0.1, 0.15) is 18.6 Å². The quantitative estimate of drug-likeness (QED) is 0.199. The maximum atomic E-state index is 13.8. The van der Waals surface area contributed by atoms with Crippen LogP contribution in [0.25, 0.3) is 10.9 Å². The Hall–Kier alpha value is -4.04. The fourth-order valence-electron chi connectivity index (χ4n) is 5.61. The minimum absolute atomic E-state index is 0.103. The molecule has 1 unspecified atom stereocenters. The van der Waals surface area contributed by atoms with Gasteiger partial charge in [-0.15, -0.1) is 0 Å². The van der Waals surface area contributed by atoms with Crippen molar-refractivity contribution in [3.05, 3.63) is 34.9 Å². The molecule has 1 aliphatic rings. The van der Waals surface area contributed by atoms with Crippen LogP contribution in [0.5, 0.6) is 0 Å². The predicted octanol–water partition coefficient (Wildman–Crippen LogP) is 1.44. The van der Waals surface area contributed by atoms with E-state index < -0.39 is 12.1 Å². The molecule has 266 valence electrons. The molecule has 0 spiro atoms. The normalized spacial score (nSPS) is 15.8. The summed E-state index contributed by atoms with van der Waals surface area (Å²) >= 11 is 0. The van der Waals surface area contributed by atoms with Crippen molar-refractivity contribution in [3.63, 3.8) is 0 Å². The summed E-state index contributed by atoms with van der Waals surface area (Å²) in [6, 6.07) is 3.96. The number of benzene rings is 1. The van der Waals surface area contributed by atoms with Crippen LogP contribution in [-0.4, -0.2) is 110 Å². The summed E-state index contributed by atoms with van der Waals surface area (Å²) in [5.41, 5.74) is 1.06. The molecule has 14 nitrogen and oxygen atoms in total. The minimum atomic E-state index is -0.786. The van der Waals surface area contributed by atoms with E-state index in [2.05, 4.69) is 25.8 Å². The van der Waals surface area contributed by atoms with Gasteiger partial charge in [-0.25, -0.2) is 4.98 Å². The number of methoxy groups -OCH3 is 1. The summed E-state index contributed by atoms with van der Waals surface area (Å²) in [4.78, 5) is 73.4. The van der Waals surface area contributed by atoms with Gasteiger partial charge in [-0.1, -0.05) is 40.0 Å². The fraction of sp³-hybridized carbons (Fsp3) is 0.647. The Morgan fingerprint density at radius 2 is 1.73 bits per heavy atom. The van der Waals surface area contributed by atoms with Crippen LogP contribution < -0.4 is 26.4 Å². The van der Waals surface area contributed by atoms with E-state index in [1.165, 1.54) is 17.9 Å². The number of carbonyl (C=O) groups excluding carboxylic acids is 4. The van der Waals surface area contributed by atoms with Crippen molar-refractivity contribution < 1.29 is 28.7 Å². The number of carbonyl (C=O) groups is 4. The van der Waals surface area contributed by atoms with E-state index >= 15 is 0 Å². The smallest absolute Gasteiger partial charge is 0.261 e. The zero-order valence-electron chi connectivity index (χ0n) is 29.3. The molecule has 1 saturated heterocycles. The Morgan fingerprint density at radius 1 is 1.00 bits per heavy atom. The van der Waals surface area contributed by atoms with Crippen LogP contribution in [0.15, 0.2) is 29.3 Å². The molecule has 1 aliphatic heterocycles. The lowest BCUT2D eigenvalue weighted by Crippen LogP contribution is -2.58. The molecule has 0 aliphatic carbocycles. The molecule has 0 radical (unpaired) electrons. The van der Waals surface area contributed by atoms with Crippen LogP contribution in [0.3, 0.4) is 0 Å². The third-order valence-electron chi connectivity index (χ3n) is 8.79. The third kappa shape index (κ3) is 10.7. The molecular formula is C34H53N7O7. The number of hydrogen-bond donors (Lipinski definition) is 3. The second kappa shape index (κ2) is 19.1. The predicted molar refractivity (Wildman–Crippen MR) is 184 cm³/mol. The standard InChI is InChI=1S/C34H53N7O7/c1-7-9-10-28(37-32(44)31(23(3)8-2)38-29(42)19-24(4)48-18-17-47-6)34(46)40-15-13-39(14-16-40)25-11-12-27-26(20-25)33(45)41(22-36-27)21-30(43)35-5/h11-12,20,22-24,28,31H,7-10,13-19,21H2,1-6H3,(H,35,43)(H,37,44)(H,38,42)/t23-,24?,28-,31-/m0/s1. The number of hydrogen-bond acceptors (Lipinski definition) is 9. The number of unbranched alkanes of at least 4 members (excludes halogenated alkanes) is 1. The van der Waals surface area contributed by atoms with Gasteiger partial charge in [0.25, 0.3) is 5.56 Å². The van der Waals surface area contributed by atoms with Gasteiger partial charge in [0.15, 0.2) is 0 Å². The second-order valence-corrected chi connectivity index (χ2v) is 12.4. The lowest BCUT2D eigenvalue weighted by atomic mass is 9.97. The van der Waals surface area contributed by atoms with Gasteiger partial charge >= 0.3 is 0 Å². The summed E-state index contributed by atoms with van der Waals surface area (Å²) in [6.07, 6.45) is 3.92. The highest BCUT2D eigenvalue weighted by molar-refractivity contribution is 5.92. The van der Waals surface area contributed by atoms with Crippen LogP contribution in [0.1, 0.15) is 59.8 Å². The van der Waals surface area contributed by atoms with E-state index in [0.29, 0.717) is 63.1 Å². The van der Waals surface area contributed by atoms with Crippen LogP contribution in [0.2, 0.25) is 0 Å². The molecule has 1 fully saturated rings. The van der Waals surface area contributed by atoms with Crippen molar-refractivity contribution in [1.29, 1.82) is 0 Å². The molecule has 4 atom stereocenters. The topological polar surface area (TPSA) is 164 Å². The first-order chi connectivity index (χ1) is 23.0. The van der Waals surface area contributed by atoms with Gasteiger partial charge in [-0.3, -0.25) is 28.5 Å². The van der Waals surface area contributed by atoms with Crippen molar-refractivity contribution in [2.75, 3.05) is 58.5 Å². The lowest BCUT2D eigenvalue weighted by Gasteiger charge is -2.38. The zero-order chi connectivity index (χ0) is 35.2. The maximum Gasteiger partial charge on any atom is 0.261 e. The number of nitrogens with one attached hydrogen (secondary N) is 3. The van der Waals surface area contributed by atoms with Crippen molar-refractivity contribution >= 4 is 40.2 Å². The number of amides is 4. The number of ether oxygens (including phenoxy) is 2. The number of fused-ring (bicyclic) bond motifs is 1. The van der Waals surface area contributed by atoms with E-state index in [4.69, 9.17) is 9.47 Å². The number of piperazine rings is 1.